The second-order valence-corrected chi connectivity index (χ2v) is 6.19. The fraction of sp³-hybridized carbons (Fsp3) is 0.571. The first-order valence-corrected chi connectivity index (χ1v) is 7.81. The summed E-state index contributed by atoms with van der Waals surface area (Å²) in [7, 11) is 4.04. The van der Waals surface area contributed by atoms with Crippen LogP contribution in [0.5, 0.6) is 0 Å². The molecule has 0 radical (unpaired) electrons. The number of hydrogen-bond donors (Lipinski definition) is 1. The van der Waals surface area contributed by atoms with Gasteiger partial charge in [0.25, 0.3) is 0 Å². The molecule has 116 valence electrons. The first kappa shape index (κ1) is 16.2. The van der Waals surface area contributed by atoms with Crippen molar-refractivity contribution in [2.75, 3.05) is 20.6 Å². The molecule has 2 rings (SSSR count). The number of aromatic nitrogens is 4. The lowest BCUT2D eigenvalue weighted by Gasteiger charge is -2.17. The monoisotopic (exact) mass is 355 g/mol. The zero-order chi connectivity index (χ0) is 15.6. The standard InChI is InChI=1S/C14H22BrN5O/c1-5-19-12(8-10(2)17-19)14(21)13-11(15)9-16-20(13)7-6-18(3)4/h8-9,14,21H,5-7H2,1-4H3. The van der Waals surface area contributed by atoms with Crippen molar-refractivity contribution in [2.24, 2.45) is 0 Å². The van der Waals surface area contributed by atoms with Crippen molar-refractivity contribution in [3.8, 4) is 0 Å². The molecule has 0 aliphatic heterocycles. The molecule has 0 aliphatic rings. The summed E-state index contributed by atoms with van der Waals surface area (Å²) in [5.41, 5.74) is 2.47. The molecule has 2 aromatic rings. The molecule has 2 aromatic heterocycles. The SMILES string of the molecule is CCn1nc(C)cc1C(O)c1c(Br)cnn1CCN(C)C. The van der Waals surface area contributed by atoms with Gasteiger partial charge in [0.1, 0.15) is 6.10 Å². The van der Waals surface area contributed by atoms with Gasteiger partial charge in [-0.15, -0.1) is 0 Å². The van der Waals surface area contributed by atoms with Crippen LogP contribution in [0.1, 0.15) is 30.1 Å². The number of rotatable bonds is 6. The Morgan fingerprint density at radius 2 is 2.10 bits per heavy atom. The highest BCUT2D eigenvalue weighted by Crippen LogP contribution is 2.29. The molecule has 0 aliphatic carbocycles. The normalized spacial score (nSPS) is 13.1. The molecule has 1 N–H and O–H groups in total. The Morgan fingerprint density at radius 1 is 1.38 bits per heavy atom. The lowest BCUT2D eigenvalue weighted by atomic mass is 10.1. The predicted molar refractivity (Wildman–Crippen MR) is 85.2 cm³/mol. The van der Waals surface area contributed by atoms with Gasteiger partial charge in [-0.3, -0.25) is 9.36 Å². The number of aliphatic hydroxyl groups is 1. The van der Waals surface area contributed by atoms with E-state index in [1.54, 1.807) is 6.20 Å². The van der Waals surface area contributed by atoms with E-state index in [4.69, 9.17) is 0 Å². The summed E-state index contributed by atoms with van der Waals surface area (Å²) in [6, 6.07) is 1.92. The van der Waals surface area contributed by atoms with Gasteiger partial charge in [-0.25, -0.2) is 0 Å². The predicted octanol–water partition coefficient (Wildman–Crippen LogP) is 1.81. The van der Waals surface area contributed by atoms with Crippen LogP contribution in [-0.2, 0) is 13.1 Å². The van der Waals surface area contributed by atoms with Crippen LogP contribution in [0.3, 0.4) is 0 Å². The van der Waals surface area contributed by atoms with Crippen molar-refractivity contribution < 1.29 is 5.11 Å². The molecule has 21 heavy (non-hydrogen) atoms. The third kappa shape index (κ3) is 3.53. The molecule has 7 heteroatoms. The molecule has 0 spiro atoms. The Balaban J connectivity index is 2.33. The van der Waals surface area contributed by atoms with E-state index in [0.717, 1.165) is 41.2 Å². The largest absolute Gasteiger partial charge is 0.380 e. The maximum atomic E-state index is 10.8. The average Bonchev–Trinajstić information content (AvgIpc) is 2.98. The second-order valence-electron chi connectivity index (χ2n) is 5.33. The molecule has 0 amide bonds. The van der Waals surface area contributed by atoms with Gasteiger partial charge in [-0.1, -0.05) is 0 Å². The zero-order valence-corrected chi connectivity index (χ0v) is 14.5. The van der Waals surface area contributed by atoms with Gasteiger partial charge in [0.2, 0.25) is 0 Å². The van der Waals surface area contributed by atoms with Crippen LogP contribution in [0.15, 0.2) is 16.7 Å². The highest BCUT2D eigenvalue weighted by Gasteiger charge is 2.23. The van der Waals surface area contributed by atoms with E-state index in [1.807, 2.05) is 43.4 Å². The zero-order valence-electron chi connectivity index (χ0n) is 12.9. The van der Waals surface area contributed by atoms with Crippen LogP contribution in [0.2, 0.25) is 0 Å². The summed E-state index contributed by atoms with van der Waals surface area (Å²) in [4.78, 5) is 2.09. The van der Waals surface area contributed by atoms with E-state index in [-0.39, 0.29) is 0 Å². The van der Waals surface area contributed by atoms with Gasteiger partial charge in [-0.05, 0) is 49.9 Å². The highest BCUT2D eigenvalue weighted by atomic mass is 79.9. The van der Waals surface area contributed by atoms with Crippen LogP contribution in [0.4, 0.5) is 0 Å². The van der Waals surface area contributed by atoms with Crippen molar-refractivity contribution in [3.05, 3.63) is 33.8 Å². The lowest BCUT2D eigenvalue weighted by molar-refractivity contribution is 0.193. The first-order valence-electron chi connectivity index (χ1n) is 7.02. The summed E-state index contributed by atoms with van der Waals surface area (Å²) < 4.78 is 4.49. The summed E-state index contributed by atoms with van der Waals surface area (Å²) in [5, 5.41) is 19.5. The fourth-order valence-electron chi connectivity index (χ4n) is 2.30. The summed E-state index contributed by atoms with van der Waals surface area (Å²) in [6.45, 7) is 6.26. The van der Waals surface area contributed by atoms with Crippen LogP contribution in [-0.4, -0.2) is 50.2 Å². The first-order chi connectivity index (χ1) is 9.93. The molecule has 1 unspecified atom stereocenters. The quantitative estimate of drug-likeness (QED) is 0.858. The fourth-order valence-corrected chi connectivity index (χ4v) is 2.81. The van der Waals surface area contributed by atoms with E-state index in [1.165, 1.54) is 0 Å². The highest BCUT2D eigenvalue weighted by molar-refractivity contribution is 9.10. The van der Waals surface area contributed by atoms with E-state index in [0.29, 0.717) is 0 Å². The molecule has 0 saturated heterocycles. The van der Waals surface area contributed by atoms with E-state index in [2.05, 4.69) is 31.0 Å². The van der Waals surface area contributed by atoms with Crippen molar-refractivity contribution in [1.29, 1.82) is 0 Å². The van der Waals surface area contributed by atoms with Crippen LogP contribution >= 0.6 is 15.9 Å². The number of aryl methyl sites for hydroxylation is 2. The third-order valence-corrected chi connectivity index (χ3v) is 3.98. The minimum absolute atomic E-state index is 0.726. The van der Waals surface area contributed by atoms with E-state index in [9.17, 15) is 5.11 Å². The minimum atomic E-state index is -0.745. The van der Waals surface area contributed by atoms with Crippen LogP contribution in [0, 0.1) is 6.92 Å². The number of aliphatic hydroxyl groups excluding tert-OH is 1. The Morgan fingerprint density at radius 3 is 2.71 bits per heavy atom. The van der Waals surface area contributed by atoms with Gasteiger partial charge in [-0.2, -0.15) is 10.2 Å². The molecular formula is C14H22BrN5O. The van der Waals surface area contributed by atoms with Crippen molar-refractivity contribution >= 4 is 15.9 Å². The Labute approximate surface area is 133 Å². The van der Waals surface area contributed by atoms with Gasteiger partial charge < -0.3 is 10.0 Å². The molecule has 0 saturated carbocycles. The molecular weight excluding hydrogens is 334 g/mol. The van der Waals surface area contributed by atoms with Gasteiger partial charge in [0, 0.05) is 13.1 Å². The average molecular weight is 356 g/mol. The Hall–Kier alpha value is -1.18. The molecule has 1 atom stereocenters. The lowest BCUT2D eigenvalue weighted by Crippen LogP contribution is -2.22. The number of halogens is 1. The topological polar surface area (TPSA) is 59.1 Å². The third-order valence-electron chi connectivity index (χ3n) is 3.36. The smallest absolute Gasteiger partial charge is 0.138 e. The van der Waals surface area contributed by atoms with E-state index >= 15 is 0 Å². The summed E-state index contributed by atoms with van der Waals surface area (Å²) >= 11 is 3.49. The van der Waals surface area contributed by atoms with Gasteiger partial charge in [0.05, 0.1) is 34.3 Å². The summed E-state index contributed by atoms with van der Waals surface area (Å²) in [5.74, 6) is 0. The molecule has 6 nitrogen and oxygen atoms in total. The van der Waals surface area contributed by atoms with Crippen molar-refractivity contribution in [3.63, 3.8) is 0 Å². The Kier molecular flexibility index (Phi) is 5.18. The van der Waals surface area contributed by atoms with E-state index < -0.39 is 6.10 Å². The second kappa shape index (κ2) is 6.72. The van der Waals surface area contributed by atoms with Gasteiger partial charge >= 0.3 is 0 Å². The summed E-state index contributed by atoms with van der Waals surface area (Å²) in [6.07, 6.45) is 0.985. The molecule has 0 aromatic carbocycles. The Bertz CT molecular complexity index is 605. The van der Waals surface area contributed by atoms with Crippen molar-refractivity contribution in [2.45, 2.75) is 33.0 Å². The maximum absolute atomic E-state index is 10.8. The molecule has 0 fully saturated rings. The minimum Gasteiger partial charge on any atom is -0.380 e. The molecule has 2 heterocycles. The van der Waals surface area contributed by atoms with Gasteiger partial charge in [0.15, 0.2) is 0 Å². The number of hydrogen-bond acceptors (Lipinski definition) is 4. The van der Waals surface area contributed by atoms with Crippen LogP contribution < -0.4 is 0 Å². The van der Waals surface area contributed by atoms with Crippen molar-refractivity contribution in [1.82, 2.24) is 24.5 Å². The molecule has 0 bridgehead atoms. The number of nitrogens with zero attached hydrogens (tertiary/aromatic N) is 5. The number of likely N-dealkylation sites (N-methyl/N-ethyl adjacent to an activating group) is 1. The maximum Gasteiger partial charge on any atom is 0.138 e. The van der Waals surface area contributed by atoms with Crippen LogP contribution in [0.25, 0.3) is 0 Å².